The average Bonchev–Trinajstić information content (AvgIpc) is 1.10. The summed E-state index contributed by atoms with van der Waals surface area (Å²) in [4.78, 5) is 67.1. The van der Waals surface area contributed by atoms with Gasteiger partial charge in [0.2, 0.25) is 11.6 Å². The monoisotopic (exact) mass is 1160 g/mol. The summed E-state index contributed by atoms with van der Waals surface area (Å²) >= 11 is 0. The van der Waals surface area contributed by atoms with E-state index in [2.05, 4.69) is 16.3 Å². The molecular formula is C56H70N6O21. The molecule has 2 saturated heterocycles. The summed E-state index contributed by atoms with van der Waals surface area (Å²) in [6.45, 7) is 1.52. The van der Waals surface area contributed by atoms with E-state index in [9.17, 15) is 75.0 Å². The second kappa shape index (κ2) is 24.6. The van der Waals surface area contributed by atoms with Crippen molar-refractivity contribution in [2.24, 2.45) is 22.3 Å². The van der Waals surface area contributed by atoms with Gasteiger partial charge in [-0.3, -0.25) is 24.0 Å². The van der Waals surface area contributed by atoms with E-state index >= 15 is 0 Å². The van der Waals surface area contributed by atoms with Gasteiger partial charge in [-0.15, -0.1) is 0 Å². The summed E-state index contributed by atoms with van der Waals surface area (Å²) in [6.07, 6.45) is -9.58. The number of aliphatic hydroxyl groups excluding tert-OH is 4. The average molecular weight is 1160 g/mol. The lowest BCUT2D eigenvalue weighted by Crippen LogP contribution is -2.53. The molecule has 0 aromatic heterocycles. The van der Waals surface area contributed by atoms with Crippen LogP contribution in [0.5, 0.6) is 34.5 Å². The van der Waals surface area contributed by atoms with Crippen LogP contribution in [0.3, 0.4) is 0 Å². The van der Waals surface area contributed by atoms with Gasteiger partial charge in [-0.05, 0) is 33.0 Å². The molecule has 0 spiro atoms. The number of methoxy groups -OCH3 is 2. The fourth-order valence-electron chi connectivity index (χ4n) is 11.8. The third-order valence-electron chi connectivity index (χ3n) is 15.9. The van der Waals surface area contributed by atoms with Crippen LogP contribution < -0.4 is 38.3 Å². The number of nitrogens with two attached hydrogens (primary N) is 3. The summed E-state index contributed by atoms with van der Waals surface area (Å²) in [7, 11) is 5.64. The Morgan fingerprint density at radius 1 is 0.639 bits per heavy atom. The lowest BCUT2D eigenvalue weighted by atomic mass is 9.71. The summed E-state index contributed by atoms with van der Waals surface area (Å²) in [5, 5.41) is 113. The van der Waals surface area contributed by atoms with Crippen molar-refractivity contribution in [1.82, 2.24) is 11.6 Å². The number of hydrogen-bond acceptors (Lipinski definition) is 27. The third kappa shape index (κ3) is 10.8. The zero-order valence-corrected chi connectivity index (χ0v) is 46.2. The maximum absolute atomic E-state index is 13.8. The highest BCUT2D eigenvalue weighted by Gasteiger charge is 2.52. The van der Waals surface area contributed by atoms with Gasteiger partial charge < -0.3 is 108 Å². The molecule has 0 amide bonds. The topological polar surface area (TPSA) is 480 Å². The molecule has 10 unspecified atom stereocenters. The maximum Gasteiger partial charge on any atom is 0.202 e. The summed E-state index contributed by atoms with van der Waals surface area (Å²) in [6, 6.07) is 7.39. The van der Waals surface area contributed by atoms with E-state index in [1.54, 1.807) is 13.8 Å². The molecule has 6 aliphatic rings. The molecule has 0 bridgehead atoms. The van der Waals surface area contributed by atoms with Crippen molar-refractivity contribution in [2.75, 3.05) is 41.5 Å². The number of hydrazone groups is 1. The first-order valence-corrected chi connectivity index (χ1v) is 26.1. The zero-order chi connectivity index (χ0) is 60.2. The summed E-state index contributed by atoms with van der Waals surface area (Å²) in [5.74, 6) is -6.31. The SMILES string of the molecule is CN.CN/N=C(\CO)[C@]1(O)Cc2c(O)c3c(c(O)c2C(OC2CC(N)C(O)C(C)O2)C1)C(=O)c1c(OC)cccc1C3=O.COc1cccc2c1C(=O)c1c(O)c3c(c(O)c1C2=O)C[C@@](O)(C(=O)CO)CC3OC1CC(N)C(O)C(C)O1.N. The van der Waals surface area contributed by atoms with Crippen molar-refractivity contribution in [3.63, 3.8) is 0 Å². The Kier molecular flexibility index (Phi) is 18.9. The highest BCUT2D eigenvalue weighted by atomic mass is 16.7. The van der Waals surface area contributed by atoms with Crippen LogP contribution in [0.1, 0.15) is 138 Å². The van der Waals surface area contributed by atoms with Gasteiger partial charge in [-0.2, -0.15) is 5.10 Å². The number of aromatic hydroxyl groups is 4. The van der Waals surface area contributed by atoms with Crippen LogP contribution >= 0.6 is 0 Å². The van der Waals surface area contributed by atoms with Crippen LogP contribution in [0, 0.1) is 0 Å². The van der Waals surface area contributed by atoms with Crippen LogP contribution in [0.15, 0.2) is 41.5 Å². The van der Waals surface area contributed by atoms with E-state index in [1.165, 1.54) is 64.7 Å². The second-order valence-electron chi connectivity index (χ2n) is 20.7. The molecule has 4 aromatic carbocycles. The minimum Gasteiger partial charge on any atom is -0.507 e. The van der Waals surface area contributed by atoms with Crippen LogP contribution in [0.25, 0.3) is 0 Å². The number of nitrogens with one attached hydrogen (secondary N) is 1. The lowest BCUT2D eigenvalue weighted by Gasteiger charge is -2.43. The van der Waals surface area contributed by atoms with Crippen molar-refractivity contribution in [2.45, 2.75) is 125 Å². The summed E-state index contributed by atoms with van der Waals surface area (Å²) < 4.78 is 34.3. The number of Topliss-reactive ketones (excluding diaryl/α,β-unsaturated/α-hetero) is 1. The number of rotatable bonds is 11. The Labute approximate surface area is 474 Å². The molecule has 2 aliphatic heterocycles. The number of phenols is 4. The van der Waals surface area contributed by atoms with Crippen LogP contribution in [0.4, 0.5) is 0 Å². The number of ether oxygens (including phenoxy) is 6. The number of hydrogen-bond donors (Lipinski definition) is 15. The quantitative estimate of drug-likeness (QED) is 0.0452. The second-order valence-corrected chi connectivity index (χ2v) is 20.7. The molecule has 4 aliphatic carbocycles. The Morgan fingerprint density at radius 2 is 1.02 bits per heavy atom. The van der Waals surface area contributed by atoms with Gasteiger partial charge in [-0.25, -0.2) is 0 Å². The maximum atomic E-state index is 13.8. The molecule has 27 nitrogen and oxygen atoms in total. The Bertz CT molecular complexity index is 3240. The molecule has 20 N–H and O–H groups in total. The molecule has 83 heavy (non-hydrogen) atoms. The van der Waals surface area contributed by atoms with Crippen LogP contribution in [0.2, 0.25) is 0 Å². The van der Waals surface area contributed by atoms with Gasteiger partial charge in [0.25, 0.3) is 0 Å². The first-order valence-electron chi connectivity index (χ1n) is 26.1. The molecule has 10 rings (SSSR count). The number of ketones is 5. The summed E-state index contributed by atoms with van der Waals surface area (Å²) in [5.41, 5.74) is 12.5. The first-order chi connectivity index (χ1) is 38.9. The Hall–Kier alpha value is -7.06. The van der Waals surface area contributed by atoms with Crippen molar-refractivity contribution in [3.05, 3.63) is 103 Å². The van der Waals surface area contributed by atoms with Crippen molar-refractivity contribution < 1.29 is 103 Å². The zero-order valence-electron chi connectivity index (χ0n) is 46.2. The Balaban J connectivity index is 0.000000229. The third-order valence-corrected chi connectivity index (χ3v) is 15.9. The number of fused-ring (bicyclic) bond motifs is 6. The molecular weight excluding hydrogens is 1090 g/mol. The van der Waals surface area contributed by atoms with Gasteiger partial charge in [-0.1, -0.05) is 24.3 Å². The van der Waals surface area contributed by atoms with Gasteiger partial charge in [0.15, 0.2) is 29.9 Å². The minimum absolute atomic E-state index is 0. The van der Waals surface area contributed by atoms with E-state index in [0.29, 0.717) is 0 Å². The van der Waals surface area contributed by atoms with Crippen LogP contribution in [-0.4, -0.2) is 188 Å². The Morgan fingerprint density at radius 3 is 1.39 bits per heavy atom. The minimum atomic E-state index is -2.24. The highest BCUT2D eigenvalue weighted by molar-refractivity contribution is 6.32. The molecule has 12 atom stereocenters. The number of phenolic OH excluding ortho intramolecular Hbond substituents is 4. The smallest absolute Gasteiger partial charge is 0.202 e. The van der Waals surface area contributed by atoms with E-state index in [1.807, 2.05) is 0 Å². The van der Waals surface area contributed by atoms with E-state index in [-0.39, 0.29) is 93.6 Å². The van der Waals surface area contributed by atoms with Gasteiger partial charge in [0.05, 0.1) is 96.5 Å². The standard InChI is InChI=1S/C28H33N3O10.C27H29NO11.CH5N.H3N/c1-11-23(33)14(29)7-18(40-11)41-16-9-28(38,17(10-32)31-30-2)8-13-20(16)27(37)22-21(25(13)35)24(34)12-5-4-6-15(39-3)19(12)26(22)36;1-10-22(31)13(28)6-17(38-10)39-15-8-27(36,16(30)9-29)7-12-19(15)26(35)21-20(24(12)33)23(32)11-4-3-5-14(37-2)18(11)25(21)34;1-2;/h4-6,11,14,16,18,23,30,32-33,35,37-38H,7-10,29H2,1-3H3;3-5,10,13,15,17,22,29,31,33,35-36H,6-9,28H2,1-2H3;2H2,1H3;1H3/b31-17+;;;/t11?,14?,16?,18?,23?,28-;10?,13?,15?,17?,22?,27-;;/m00../s1. The van der Waals surface area contributed by atoms with Gasteiger partial charge in [0.1, 0.15) is 52.3 Å². The number of aliphatic hydroxyl groups is 6. The normalized spacial score (nSPS) is 28.6. The fourth-order valence-corrected chi connectivity index (χ4v) is 11.8. The number of carbonyl (C=O) groups is 5. The predicted octanol–water partition coefficient (Wildman–Crippen LogP) is -0.254. The van der Waals surface area contributed by atoms with E-state index < -0.39 is 173 Å². The van der Waals surface area contributed by atoms with Crippen molar-refractivity contribution >= 4 is 34.6 Å². The van der Waals surface area contributed by atoms with E-state index in [4.69, 9.17) is 39.9 Å². The molecule has 2 fully saturated rings. The molecule has 0 radical (unpaired) electrons. The number of nitrogens with zero attached hydrogens (tertiary/aromatic N) is 1. The van der Waals surface area contributed by atoms with Crippen LogP contribution in [-0.2, 0) is 36.6 Å². The predicted molar refractivity (Wildman–Crippen MR) is 290 cm³/mol. The van der Waals surface area contributed by atoms with Crippen molar-refractivity contribution in [3.8, 4) is 34.5 Å². The molecule has 2 heterocycles. The lowest BCUT2D eigenvalue weighted by molar-refractivity contribution is -0.247. The molecule has 4 aromatic rings. The molecule has 450 valence electrons. The van der Waals surface area contributed by atoms with Gasteiger partial charge >= 0.3 is 0 Å². The number of carbonyl (C=O) groups excluding carboxylic acids is 5. The number of benzene rings is 4. The largest absolute Gasteiger partial charge is 0.507 e. The molecule has 0 saturated carbocycles. The van der Waals surface area contributed by atoms with Crippen molar-refractivity contribution in [1.29, 1.82) is 0 Å². The first kappa shape index (κ1) is 63.5. The molecule has 27 heteroatoms. The van der Waals surface area contributed by atoms with Gasteiger partial charge in [0, 0.05) is 91.0 Å². The highest BCUT2D eigenvalue weighted by Crippen LogP contribution is 2.55. The van der Waals surface area contributed by atoms with E-state index in [0.717, 1.165) is 0 Å². The fraction of sp³-hybridized carbons (Fsp3) is 0.464.